The molecule has 0 aromatic carbocycles. The van der Waals surface area contributed by atoms with Gasteiger partial charge in [0.05, 0.1) is 0 Å². The van der Waals surface area contributed by atoms with Crippen molar-refractivity contribution in [1.82, 2.24) is 0 Å². The first-order chi connectivity index (χ1) is 16.2. The minimum atomic E-state index is -1.71. The Bertz CT molecular complexity index is 868. The van der Waals surface area contributed by atoms with Gasteiger partial charge in [0, 0.05) is 6.10 Å². The van der Waals surface area contributed by atoms with Crippen molar-refractivity contribution in [1.29, 1.82) is 0 Å². The Balaban J connectivity index is 1.49. The number of hydrogen-bond acceptors (Lipinski definition) is 1. The topological polar surface area (TPSA) is 9.23 Å². The van der Waals surface area contributed by atoms with Crippen molar-refractivity contribution in [3.05, 3.63) is 35.5 Å². The van der Waals surface area contributed by atoms with E-state index in [1.165, 1.54) is 56.9 Å². The smallest absolute Gasteiger partial charge is 0.192 e. The number of hydrogen-bond donors (Lipinski definition) is 0. The van der Waals surface area contributed by atoms with Gasteiger partial charge in [-0.3, -0.25) is 0 Å². The molecular weight excluding hydrogens is 440 g/mol. The molecule has 4 rings (SSSR count). The Labute approximate surface area is 219 Å². The van der Waals surface area contributed by atoms with Crippen molar-refractivity contribution in [2.45, 2.75) is 131 Å². The van der Waals surface area contributed by atoms with E-state index < -0.39 is 8.32 Å². The van der Waals surface area contributed by atoms with E-state index in [1.54, 1.807) is 5.57 Å². The van der Waals surface area contributed by atoms with E-state index in [2.05, 4.69) is 92.8 Å². The fourth-order valence-corrected chi connectivity index (χ4v) is 10.2. The van der Waals surface area contributed by atoms with Crippen LogP contribution < -0.4 is 0 Å². The van der Waals surface area contributed by atoms with Crippen LogP contribution in [0.25, 0.3) is 0 Å². The Morgan fingerprint density at radius 1 is 1.06 bits per heavy atom. The number of fused-ring (bicyclic) bond motifs is 5. The van der Waals surface area contributed by atoms with Crippen molar-refractivity contribution in [3.63, 3.8) is 0 Å². The lowest BCUT2D eigenvalue weighted by atomic mass is 9.47. The van der Waals surface area contributed by atoms with E-state index in [0.717, 1.165) is 23.7 Å². The molecule has 4 aliphatic rings. The SMILES string of the molecule is CC(C)=C/C=C/[C@@H](C)C1CC[C@H]2[C@@H]3CC=C4C[C@@H](O[Si](C)(C)C(C)(C)C)CC[C@]4(C)C3CC[C@]12C. The van der Waals surface area contributed by atoms with Crippen LogP contribution in [0.1, 0.15) is 107 Å². The second-order valence-corrected chi connectivity index (χ2v) is 20.0. The highest BCUT2D eigenvalue weighted by atomic mass is 28.4. The standard InChI is InChI=1S/C33H56OSi/c1-23(2)12-11-13-24(3)28-16-17-29-27-15-14-25-22-26(34-35(9,10)31(4,5)6)18-20-32(25,7)30(27)19-21-33(28,29)8/h11-14,24,26-30H,15-22H2,1-10H3/b13-11+/t24-,26+,27+,28?,29+,30?,32+,33-/m1/s1. The van der Waals surface area contributed by atoms with Crippen molar-refractivity contribution in [2.75, 3.05) is 0 Å². The second kappa shape index (κ2) is 9.61. The van der Waals surface area contributed by atoms with Gasteiger partial charge in [0.25, 0.3) is 0 Å². The quantitative estimate of drug-likeness (QED) is 0.209. The van der Waals surface area contributed by atoms with Gasteiger partial charge in [0.1, 0.15) is 0 Å². The summed E-state index contributed by atoms with van der Waals surface area (Å²) in [5, 5.41) is 0.296. The third-order valence-corrected chi connectivity index (χ3v) is 16.4. The van der Waals surface area contributed by atoms with Crippen LogP contribution >= 0.6 is 0 Å². The molecule has 0 aromatic heterocycles. The molecule has 1 nitrogen and oxygen atoms in total. The summed E-state index contributed by atoms with van der Waals surface area (Å²) in [6.07, 6.45) is 21.2. The summed E-state index contributed by atoms with van der Waals surface area (Å²) >= 11 is 0. The highest BCUT2D eigenvalue weighted by Gasteiger charge is 2.59. The third-order valence-electron chi connectivity index (χ3n) is 11.9. The summed E-state index contributed by atoms with van der Waals surface area (Å²) in [5.74, 6) is 4.25. The van der Waals surface area contributed by atoms with Crippen molar-refractivity contribution in [2.24, 2.45) is 40.4 Å². The minimum absolute atomic E-state index is 0.296. The second-order valence-electron chi connectivity index (χ2n) is 15.2. The predicted octanol–water partition coefficient (Wildman–Crippen LogP) is 10.1. The molecule has 2 unspecified atom stereocenters. The van der Waals surface area contributed by atoms with E-state index in [1.807, 2.05) is 0 Å². The summed E-state index contributed by atoms with van der Waals surface area (Å²) in [6, 6.07) is 0. The molecule has 0 radical (unpaired) electrons. The molecule has 0 amide bonds. The summed E-state index contributed by atoms with van der Waals surface area (Å²) in [6.45, 7) is 24.2. The van der Waals surface area contributed by atoms with Gasteiger partial charge in [0.2, 0.25) is 0 Å². The van der Waals surface area contributed by atoms with Gasteiger partial charge in [-0.25, -0.2) is 0 Å². The van der Waals surface area contributed by atoms with Gasteiger partial charge < -0.3 is 4.43 Å². The molecule has 0 heterocycles. The van der Waals surface area contributed by atoms with Crippen LogP contribution in [0.4, 0.5) is 0 Å². The van der Waals surface area contributed by atoms with Gasteiger partial charge >= 0.3 is 0 Å². The summed E-state index contributed by atoms with van der Waals surface area (Å²) in [4.78, 5) is 0. The molecule has 4 aliphatic carbocycles. The van der Waals surface area contributed by atoms with Crippen LogP contribution in [0.5, 0.6) is 0 Å². The molecule has 0 bridgehead atoms. The maximum atomic E-state index is 6.93. The highest BCUT2D eigenvalue weighted by Crippen LogP contribution is 2.67. The van der Waals surface area contributed by atoms with Crippen LogP contribution in [0, 0.1) is 40.4 Å². The fraction of sp³-hybridized carbons (Fsp3) is 0.818. The normalized spacial score (nSPS) is 40.5. The largest absolute Gasteiger partial charge is 0.414 e. The molecule has 8 atom stereocenters. The zero-order chi connectivity index (χ0) is 25.8. The Morgan fingerprint density at radius 3 is 2.43 bits per heavy atom. The minimum Gasteiger partial charge on any atom is -0.414 e. The average molecular weight is 497 g/mol. The molecule has 0 aromatic rings. The van der Waals surface area contributed by atoms with Crippen LogP contribution in [0.2, 0.25) is 18.1 Å². The zero-order valence-corrected chi connectivity index (χ0v) is 25.8. The molecule has 3 saturated carbocycles. The van der Waals surface area contributed by atoms with E-state index in [9.17, 15) is 0 Å². The fourth-order valence-electron chi connectivity index (χ4n) is 8.78. The summed E-state index contributed by atoms with van der Waals surface area (Å²) in [5.41, 5.74) is 4.11. The van der Waals surface area contributed by atoms with Crippen molar-refractivity contribution < 1.29 is 4.43 Å². The van der Waals surface area contributed by atoms with Gasteiger partial charge in [0.15, 0.2) is 8.32 Å². The monoisotopic (exact) mass is 496 g/mol. The van der Waals surface area contributed by atoms with Crippen molar-refractivity contribution >= 4 is 8.32 Å². The van der Waals surface area contributed by atoms with Crippen LogP contribution in [-0.2, 0) is 4.43 Å². The maximum Gasteiger partial charge on any atom is 0.192 e. The van der Waals surface area contributed by atoms with Crippen molar-refractivity contribution in [3.8, 4) is 0 Å². The van der Waals surface area contributed by atoms with Gasteiger partial charge in [-0.1, -0.05) is 77.0 Å². The predicted molar refractivity (Wildman–Crippen MR) is 155 cm³/mol. The Hall–Kier alpha value is -0.603. The molecule has 0 saturated heterocycles. The molecule has 2 heteroatoms. The molecule has 0 N–H and O–H groups in total. The molecule has 0 spiro atoms. The summed E-state index contributed by atoms with van der Waals surface area (Å²) in [7, 11) is -1.71. The van der Waals surface area contributed by atoms with Crippen LogP contribution in [-0.4, -0.2) is 14.4 Å². The van der Waals surface area contributed by atoms with E-state index in [0.29, 0.717) is 27.9 Å². The van der Waals surface area contributed by atoms with Crippen LogP contribution in [0.3, 0.4) is 0 Å². The molecule has 0 aliphatic heterocycles. The lowest BCUT2D eigenvalue weighted by Crippen LogP contribution is -2.52. The molecular formula is C33H56OSi. The number of allylic oxidation sites excluding steroid dienone is 5. The van der Waals surface area contributed by atoms with E-state index in [4.69, 9.17) is 4.43 Å². The first-order valence-corrected chi connectivity index (χ1v) is 17.8. The highest BCUT2D eigenvalue weighted by molar-refractivity contribution is 6.74. The zero-order valence-electron chi connectivity index (χ0n) is 24.8. The van der Waals surface area contributed by atoms with Crippen LogP contribution in [0.15, 0.2) is 35.5 Å². The van der Waals surface area contributed by atoms with Gasteiger partial charge in [-0.05, 0) is 124 Å². The Morgan fingerprint density at radius 2 is 1.77 bits per heavy atom. The third kappa shape index (κ3) is 4.97. The lowest BCUT2D eigenvalue weighted by Gasteiger charge is -2.59. The Kier molecular flexibility index (Phi) is 7.53. The molecule has 198 valence electrons. The van der Waals surface area contributed by atoms with Gasteiger partial charge in [-0.15, -0.1) is 0 Å². The lowest BCUT2D eigenvalue weighted by molar-refractivity contribution is -0.0532. The first-order valence-electron chi connectivity index (χ1n) is 14.9. The first kappa shape index (κ1) is 27.4. The van der Waals surface area contributed by atoms with E-state index in [-0.39, 0.29) is 0 Å². The van der Waals surface area contributed by atoms with Gasteiger partial charge in [-0.2, -0.15) is 0 Å². The number of rotatable bonds is 5. The summed E-state index contributed by atoms with van der Waals surface area (Å²) < 4.78 is 6.93. The van der Waals surface area contributed by atoms with E-state index >= 15 is 0 Å². The average Bonchev–Trinajstić information content (AvgIpc) is 3.10. The molecule has 35 heavy (non-hydrogen) atoms. The maximum absolute atomic E-state index is 6.93. The molecule has 3 fully saturated rings.